The van der Waals surface area contributed by atoms with Crippen molar-refractivity contribution < 1.29 is 14.3 Å². The molecule has 0 bridgehead atoms. The molecule has 0 aliphatic carbocycles. The standard InChI is InChI=1S/C8H8O3/c1-2-3-7(9)6-4-5-11-8(6)10/h1,6H,3-5H2. The molecule has 0 aromatic rings. The third-order valence-electron chi connectivity index (χ3n) is 1.60. The highest BCUT2D eigenvalue weighted by atomic mass is 16.5. The number of ketones is 1. The van der Waals surface area contributed by atoms with Crippen molar-refractivity contribution in [1.82, 2.24) is 0 Å². The predicted molar refractivity (Wildman–Crippen MR) is 37.5 cm³/mol. The zero-order valence-electron chi connectivity index (χ0n) is 6.00. The molecule has 1 saturated heterocycles. The zero-order chi connectivity index (χ0) is 8.27. The number of carbonyl (C=O) groups excluding carboxylic acids is 2. The van der Waals surface area contributed by atoms with Crippen molar-refractivity contribution in [2.75, 3.05) is 6.61 Å². The van der Waals surface area contributed by atoms with Gasteiger partial charge in [0.1, 0.15) is 5.92 Å². The van der Waals surface area contributed by atoms with Gasteiger partial charge in [-0.1, -0.05) is 5.92 Å². The van der Waals surface area contributed by atoms with Gasteiger partial charge in [0, 0.05) is 6.42 Å². The number of ether oxygens (including phenoxy) is 1. The smallest absolute Gasteiger partial charge is 0.316 e. The van der Waals surface area contributed by atoms with Gasteiger partial charge in [-0.05, 0) is 0 Å². The maximum Gasteiger partial charge on any atom is 0.316 e. The Bertz CT molecular complexity index is 224. The molecular weight excluding hydrogens is 144 g/mol. The average molecular weight is 152 g/mol. The van der Waals surface area contributed by atoms with Crippen molar-refractivity contribution in [3.8, 4) is 12.3 Å². The molecular formula is C8H8O3. The maximum atomic E-state index is 11.0. The molecule has 1 rings (SSSR count). The van der Waals surface area contributed by atoms with E-state index in [0.717, 1.165) is 0 Å². The molecule has 3 nitrogen and oxygen atoms in total. The second-order valence-corrected chi connectivity index (χ2v) is 2.36. The van der Waals surface area contributed by atoms with Crippen LogP contribution in [0.25, 0.3) is 0 Å². The number of Topliss-reactive ketones (excluding diaryl/α,β-unsaturated/α-hetero) is 1. The largest absolute Gasteiger partial charge is 0.465 e. The predicted octanol–water partition coefficient (Wildman–Crippen LogP) is 0.142. The van der Waals surface area contributed by atoms with Gasteiger partial charge in [0.05, 0.1) is 13.0 Å². The van der Waals surface area contributed by atoms with E-state index in [0.29, 0.717) is 13.0 Å². The van der Waals surface area contributed by atoms with Crippen molar-refractivity contribution in [3.63, 3.8) is 0 Å². The van der Waals surface area contributed by atoms with Crippen LogP contribution in [-0.2, 0) is 14.3 Å². The van der Waals surface area contributed by atoms with Crippen LogP contribution < -0.4 is 0 Å². The van der Waals surface area contributed by atoms with Crippen LogP contribution in [0.3, 0.4) is 0 Å². The molecule has 1 heterocycles. The minimum atomic E-state index is -0.592. The van der Waals surface area contributed by atoms with Gasteiger partial charge in [-0.2, -0.15) is 0 Å². The summed E-state index contributed by atoms with van der Waals surface area (Å²) in [5.74, 6) is 0.991. The second-order valence-electron chi connectivity index (χ2n) is 2.36. The first-order valence-corrected chi connectivity index (χ1v) is 3.38. The first-order chi connectivity index (χ1) is 5.25. The van der Waals surface area contributed by atoms with Crippen LogP contribution >= 0.6 is 0 Å². The zero-order valence-corrected chi connectivity index (χ0v) is 6.00. The fourth-order valence-electron chi connectivity index (χ4n) is 1.01. The number of hydrogen-bond donors (Lipinski definition) is 0. The SMILES string of the molecule is C#CCC(=O)C1CCOC1=O. The van der Waals surface area contributed by atoms with Crippen LogP contribution in [0.1, 0.15) is 12.8 Å². The molecule has 1 fully saturated rings. The van der Waals surface area contributed by atoms with E-state index in [-0.39, 0.29) is 12.2 Å². The average Bonchev–Trinajstić information content (AvgIpc) is 2.36. The Morgan fingerprint density at radius 3 is 3.00 bits per heavy atom. The van der Waals surface area contributed by atoms with Crippen molar-refractivity contribution in [1.29, 1.82) is 0 Å². The van der Waals surface area contributed by atoms with E-state index in [2.05, 4.69) is 10.7 Å². The van der Waals surface area contributed by atoms with E-state index in [9.17, 15) is 9.59 Å². The lowest BCUT2D eigenvalue weighted by atomic mass is 10.0. The van der Waals surface area contributed by atoms with Gasteiger partial charge in [0.2, 0.25) is 0 Å². The molecule has 1 unspecified atom stereocenters. The topological polar surface area (TPSA) is 43.4 Å². The first kappa shape index (κ1) is 7.80. The molecule has 0 spiro atoms. The molecule has 0 aromatic heterocycles. The van der Waals surface area contributed by atoms with Gasteiger partial charge >= 0.3 is 5.97 Å². The third-order valence-corrected chi connectivity index (χ3v) is 1.60. The number of hydrogen-bond acceptors (Lipinski definition) is 3. The van der Waals surface area contributed by atoms with Crippen molar-refractivity contribution >= 4 is 11.8 Å². The van der Waals surface area contributed by atoms with Crippen LogP contribution in [0.5, 0.6) is 0 Å². The van der Waals surface area contributed by atoms with Gasteiger partial charge in [0.25, 0.3) is 0 Å². The monoisotopic (exact) mass is 152 g/mol. The summed E-state index contributed by atoms with van der Waals surface area (Å²) in [4.78, 5) is 21.8. The quantitative estimate of drug-likeness (QED) is 0.321. The van der Waals surface area contributed by atoms with E-state index in [1.165, 1.54) is 0 Å². The van der Waals surface area contributed by atoms with E-state index < -0.39 is 11.9 Å². The van der Waals surface area contributed by atoms with Crippen molar-refractivity contribution in [3.05, 3.63) is 0 Å². The van der Waals surface area contributed by atoms with Crippen LogP contribution in [0.2, 0.25) is 0 Å². The van der Waals surface area contributed by atoms with Crippen LogP contribution in [0.4, 0.5) is 0 Å². The number of rotatable bonds is 2. The molecule has 58 valence electrons. The molecule has 0 saturated carbocycles. The highest BCUT2D eigenvalue weighted by Gasteiger charge is 2.31. The summed E-state index contributed by atoms with van der Waals surface area (Å²) < 4.78 is 4.60. The minimum absolute atomic E-state index is 0.0275. The molecule has 1 aliphatic rings. The van der Waals surface area contributed by atoms with E-state index in [1.807, 2.05) is 0 Å². The molecule has 0 aromatic carbocycles. The lowest BCUT2D eigenvalue weighted by Crippen LogP contribution is -2.18. The van der Waals surface area contributed by atoms with Gasteiger partial charge < -0.3 is 4.74 Å². The molecule has 11 heavy (non-hydrogen) atoms. The summed E-state index contributed by atoms with van der Waals surface area (Å²) in [6.07, 6.45) is 5.43. The van der Waals surface area contributed by atoms with Crippen LogP contribution in [0, 0.1) is 18.3 Å². The fourth-order valence-corrected chi connectivity index (χ4v) is 1.01. The molecule has 3 heteroatoms. The molecule has 1 aliphatic heterocycles. The molecule has 0 radical (unpaired) electrons. The van der Waals surface area contributed by atoms with Gasteiger partial charge in [-0.3, -0.25) is 9.59 Å². The van der Waals surface area contributed by atoms with Crippen molar-refractivity contribution in [2.24, 2.45) is 5.92 Å². The number of esters is 1. The second kappa shape index (κ2) is 3.20. The summed E-state index contributed by atoms with van der Waals surface area (Å²) in [5.41, 5.74) is 0. The lowest BCUT2D eigenvalue weighted by molar-refractivity contribution is -0.144. The Morgan fingerprint density at radius 1 is 1.82 bits per heavy atom. The summed E-state index contributed by atoms with van der Waals surface area (Å²) >= 11 is 0. The summed E-state index contributed by atoms with van der Waals surface area (Å²) in [5, 5.41) is 0. The number of cyclic esters (lactones) is 1. The van der Waals surface area contributed by atoms with Gasteiger partial charge in [0.15, 0.2) is 5.78 Å². The highest BCUT2D eigenvalue weighted by molar-refractivity contribution is 6.00. The lowest BCUT2D eigenvalue weighted by Gasteiger charge is -1.98. The third kappa shape index (κ3) is 1.58. The molecule has 0 amide bonds. The Labute approximate surface area is 64.7 Å². The summed E-state index contributed by atoms with van der Waals surface area (Å²) in [6, 6.07) is 0. The van der Waals surface area contributed by atoms with Crippen LogP contribution in [0.15, 0.2) is 0 Å². The Hall–Kier alpha value is -1.30. The highest BCUT2D eigenvalue weighted by Crippen LogP contribution is 2.16. The molecule has 0 N–H and O–H groups in total. The Kier molecular flexibility index (Phi) is 2.27. The summed E-state index contributed by atoms with van der Waals surface area (Å²) in [6.45, 7) is 0.347. The van der Waals surface area contributed by atoms with Gasteiger partial charge in [-0.15, -0.1) is 6.42 Å². The van der Waals surface area contributed by atoms with E-state index in [4.69, 9.17) is 6.42 Å². The van der Waals surface area contributed by atoms with Crippen LogP contribution in [-0.4, -0.2) is 18.4 Å². The maximum absolute atomic E-state index is 11.0. The number of carbonyl (C=O) groups is 2. The fraction of sp³-hybridized carbons (Fsp3) is 0.500. The van der Waals surface area contributed by atoms with Crippen molar-refractivity contribution in [2.45, 2.75) is 12.8 Å². The van der Waals surface area contributed by atoms with E-state index in [1.54, 1.807) is 0 Å². The van der Waals surface area contributed by atoms with E-state index >= 15 is 0 Å². The molecule has 1 atom stereocenters. The Morgan fingerprint density at radius 2 is 2.55 bits per heavy atom. The Balaban J connectivity index is 2.54. The minimum Gasteiger partial charge on any atom is -0.465 e. The normalized spacial score (nSPS) is 22.5. The number of terminal acetylenes is 1. The summed E-state index contributed by atoms with van der Waals surface area (Å²) in [7, 11) is 0. The first-order valence-electron chi connectivity index (χ1n) is 3.38. The van der Waals surface area contributed by atoms with Gasteiger partial charge in [-0.25, -0.2) is 0 Å².